The third kappa shape index (κ3) is 2.15. The van der Waals surface area contributed by atoms with Crippen molar-refractivity contribution in [1.29, 1.82) is 0 Å². The largest absolute Gasteiger partial charge is 0.322 e. The Morgan fingerprint density at radius 1 is 1.37 bits per heavy atom. The van der Waals surface area contributed by atoms with Crippen molar-refractivity contribution in [3.63, 3.8) is 0 Å². The Morgan fingerprint density at radius 2 is 2.21 bits per heavy atom. The normalized spacial score (nSPS) is 11.3. The number of hydrogen-bond acceptors (Lipinski definition) is 2. The summed E-state index contributed by atoms with van der Waals surface area (Å²) < 4.78 is 15.7. The molecule has 0 saturated carbocycles. The van der Waals surface area contributed by atoms with E-state index in [1.165, 1.54) is 17.2 Å². The number of aryl methyl sites for hydroxylation is 1. The second kappa shape index (κ2) is 4.94. The quantitative estimate of drug-likeness (QED) is 0.657. The number of aromatic nitrogens is 2. The number of halogens is 2. The fourth-order valence-corrected chi connectivity index (χ4v) is 3.21. The average Bonchev–Trinajstić information content (AvgIpc) is 2.96. The lowest BCUT2D eigenvalue weighted by Gasteiger charge is -2.07. The van der Waals surface area contributed by atoms with Gasteiger partial charge in [0, 0.05) is 0 Å². The molecule has 0 bridgehead atoms. The van der Waals surface area contributed by atoms with Gasteiger partial charge in [0.05, 0.1) is 17.9 Å². The van der Waals surface area contributed by atoms with E-state index in [0.29, 0.717) is 17.9 Å². The number of thiophene rings is 1. The maximum Gasteiger partial charge on any atom is 0.151 e. The van der Waals surface area contributed by atoms with Gasteiger partial charge in [-0.25, -0.2) is 9.37 Å². The standard InChI is InChI=1S/C14H12ClFN2S/c1-9-7-19-8-10(9)6-18-12-4-2-3-11(16)14(12)17-13(18)5-15/h2-4,7-8H,5-6H2,1H3. The summed E-state index contributed by atoms with van der Waals surface area (Å²) in [5.74, 6) is 0.675. The third-order valence-electron chi connectivity index (χ3n) is 3.22. The van der Waals surface area contributed by atoms with Crippen molar-refractivity contribution < 1.29 is 4.39 Å². The molecule has 19 heavy (non-hydrogen) atoms. The predicted molar refractivity (Wildman–Crippen MR) is 77.4 cm³/mol. The lowest BCUT2D eigenvalue weighted by molar-refractivity contribution is 0.637. The van der Waals surface area contributed by atoms with Crippen LogP contribution < -0.4 is 0 Å². The van der Waals surface area contributed by atoms with Gasteiger partial charge in [-0.05, 0) is 40.9 Å². The highest BCUT2D eigenvalue weighted by Gasteiger charge is 2.14. The SMILES string of the molecule is Cc1cscc1Cn1c(CCl)nc2c(F)cccc21. The second-order valence-electron chi connectivity index (χ2n) is 4.44. The molecule has 0 aliphatic carbocycles. The molecule has 2 aromatic heterocycles. The van der Waals surface area contributed by atoms with E-state index in [1.54, 1.807) is 17.4 Å². The molecule has 0 fully saturated rings. The molecule has 0 spiro atoms. The van der Waals surface area contributed by atoms with E-state index in [4.69, 9.17) is 11.6 Å². The fourth-order valence-electron chi connectivity index (χ4n) is 2.16. The first-order valence-corrected chi connectivity index (χ1v) is 7.39. The van der Waals surface area contributed by atoms with Gasteiger partial charge in [-0.1, -0.05) is 6.07 Å². The highest BCUT2D eigenvalue weighted by atomic mass is 35.5. The fraction of sp³-hybridized carbons (Fsp3) is 0.214. The number of fused-ring (bicyclic) bond motifs is 1. The lowest BCUT2D eigenvalue weighted by atomic mass is 10.2. The average molecular weight is 295 g/mol. The van der Waals surface area contributed by atoms with Gasteiger partial charge in [-0.15, -0.1) is 11.6 Å². The van der Waals surface area contributed by atoms with Crippen LogP contribution >= 0.6 is 22.9 Å². The minimum Gasteiger partial charge on any atom is -0.322 e. The lowest BCUT2D eigenvalue weighted by Crippen LogP contribution is -2.03. The van der Waals surface area contributed by atoms with E-state index >= 15 is 0 Å². The highest BCUT2D eigenvalue weighted by molar-refractivity contribution is 7.08. The topological polar surface area (TPSA) is 17.8 Å². The summed E-state index contributed by atoms with van der Waals surface area (Å²) in [6.45, 7) is 2.75. The van der Waals surface area contributed by atoms with Crippen LogP contribution in [-0.4, -0.2) is 9.55 Å². The molecule has 98 valence electrons. The van der Waals surface area contributed by atoms with Crippen LogP contribution in [-0.2, 0) is 12.4 Å². The van der Waals surface area contributed by atoms with Crippen molar-refractivity contribution >= 4 is 34.0 Å². The van der Waals surface area contributed by atoms with Crippen LogP contribution in [0.1, 0.15) is 17.0 Å². The number of alkyl halides is 1. The van der Waals surface area contributed by atoms with Crippen LogP contribution in [0.3, 0.4) is 0 Å². The third-order valence-corrected chi connectivity index (χ3v) is 4.37. The summed E-state index contributed by atoms with van der Waals surface area (Å²) in [6, 6.07) is 5.00. The molecule has 2 heterocycles. The zero-order chi connectivity index (χ0) is 13.4. The Bertz CT molecular complexity index is 732. The molecule has 3 aromatic rings. The van der Waals surface area contributed by atoms with Crippen molar-refractivity contribution in [1.82, 2.24) is 9.55 Å². The minimum absolute atomic E-state index is 0.275. The minimum atomic E-state index is -0.301. The van der Waals surface area contributed by atoms with Crippen molar-refractivity contribution in [2.24, 2.45) is 0 Å². The van der Waals surface area contributed by atoms with Gasteiger partial charge in [0.15, 0.2) is 5.82 Å². The smallest absolute Gasteiger partial charge is 0.151 e. The summed E-state index contributed by atoms with van der Waals surface area (Å²) >= 11 is 7.60. The summed E-state index contributed by atoms with van der Waals surface area (Å²) in [5.41, 5.74) is 3.65. The van der Waals surface area contributed by atoms with Gasteiger partial charge in [-0.2, -0.15) is 11.3 Å². The van der Waals surface area contributed by atoms with Gasteiger partial charge in [0.1, 0.15) is 11.3 Å². The number of para-hydroxylation sites is 1. The molecule has 0 amide bonds. The Morgan fingerprint density at radius 3 is 2.89 bits per heavy atom. The Labute approximate surface area is 119 Å². The van der Waals surface area contributed by atoms with Gasteiger partial charge < -0.3 is 4.57 Å². The molecule has 0 N–H and O–H groups in total. The number of benzene rings is 1. The molecule has 3 rings (SSSR count). The molecule has 2 nitrogen and oxygen atoms in total. The molecule has 1 aromatic carbocycles. The molecule has 0 radical (unpaired) electrons. The molecule has 0 atom stereocenters. The molecule has 5 heteroatoms. The first-order chi connectivity index (χ1) is 9.20. The van der Waals surface area contributed by atoms with Crippen LogP contribution in [0.15, 0.2) is 29.0 Å². The number of imidazole rings is 1. The number of rotatable bonds is 3. The summed E-state index contributed by atoms with van der Waals surface area (Å²) in [6.07, 6.45) is 0. The molecular weight excluding hydrogens is 283 g/mol. The van der Waals surface area contributed by atoms with Gasteiger partial charge >= 0.3 is 0 Å². The first-order valence-electron chi connectivity index (χ1n) is 5.92. The van der Waals surface area contributed by atoms with E-state index in [-0.39, 0.29) is 11.7 Å². The first kappa shape index (κ1) is 12.6. The van der Waals surface area contributed by atoms with Crippen LogP contribution in [0, 0.1) is 12.7 Å². The van der Waals surface area contributed by atoms with Crippen LogP contribution in [0.5, 0.6) is 0 Å². The monoisotopic (exact) mass is 294 g/mol. The van der Waals surface area contributed by atoms with Crippen molar-refractivity contribution in [2.75, 3.05) is 0 Å². The second-order valence-corrected chi connectivity index (χ2v) is 5.45. The van der Waals surface area contributed by atoms with E-state index in [1.807, 2.05) is 10.6 Å². The molecule has 0 saturated heterocycles. The maximum atomic E-state index is 13.8. The maximum absolute atomic E-state index is 13.8. The van der Waals surface area contributed by atoms with Gasteiger partial charge in [-0.3, -0.25) is 0 Å². The van der Waals surface area contributed by atoms with Crippen LogP contribution in [0.4, 0.5) is 4.39 Å². The van der Waals surface area contributed by atoms with Crippen molar-refractivity contribution in [3.8, 4) is 0 Å². The molecule has 0 aliphatic rings. The summed E-state index contributed by atoms with van der Waals surface area (Å²) in [7, 11) is 0. The molecule has 0 aliphatic heterocycles. The zero-order valence-corrected chi connectivity index (χ0v) is 11.9. The number of hydrogen-bond donors (Lipinski definition) is 0. The van der Waals surface area contributed by atoms with Crippen molar-refractivity contribution in [3.05, 3.63) is 51.7 Å². The summed E-state index contributed by atoms with van der Waals surface area (Å²) in [5, 5.41) is 4.22. The van der Waals surface area contributed by atoms with Gasteiger partial charge in [0.2, 0.25) is 0 Å². The van der Waals surface area contributed by atoms with Crippen LogP contribution in [0.2, 0.25) is 0 Å². The Kier molecular flexibility index (Phi) is 3.29. The van der Waals surface area contributed by atoms with E-state index in [0.717, 1.165) is 5.52 Å². The van der Waals surface area contributed by atoms with E-state index < -0.39 is 0 Å². The van der Waals surface area contributed by atoms with E-state index in [2.05, 4.69) is 22.7 Å². The zero-order valence-electron chi connectivity index (χ0n) is 10.4. The van der Waals surface area contributed by atoms with Crippen molar-refractivity contribution in [2.45, 2.75) is 19.3 Å². The predicted octanol–water partition coefficient (Wildman–Crippen LogP) is 4.33. The molecular formula is C14H12ClFN2S. The Hall–Kier alpha value is -1.39. The summed E-state index contributed by atoms with van der Waals surface area (Å²) in [4.78, 5) is 4.30. The Balaban J connectivity index is 2.16. The van der Waals surface area contributed by atoms with E-state index in [9.17, 15) is 4.39 Å². The van der Waals surface area contributed by atoms with Gasteiger partial charge in [0.25, 0.3) is 0 Å². The van der Waals surface area contributed by atoms with Crippen LogP contribution in [0.25, 0.3) is 11.0 Å². The highest BCUT2D eigenvalue weighted by Crippen LogP contribution is 2.23. The molecule has 0 unspecified atom stereocenters. The number of nitrogens with zero attached hydrogens (tertiary/aromatic N) is 2.